The zero-order chi connectivity index (χ0) is 20.7. The van der Waals surface area contributed by atoms with Gasteiger partial charge in [0.15, 0.2) is 0 Å². The molecule has 1 saturated carbocycles. The number of carbonyl (C=O) groups excluding carboxylic acids is 2. The van der Waals surface area contributed by atoms with Gasteiger partial charge >= 0.3 is 0 Å². The summed E-state index contributed by atoms with van der Waals surface area (Å²) in [6.45, 7) is 2.18. The van der Waals surface area contributed by atoms with E-state index in [9.17, 15) is 18.0 Å². The van der Waals surface area contributed by atoms with Crippen LogP contribution in [0.4, 0.5) is 0 Å². The molecule has 1 fully saturated rings. The molecule has 0 radical (unpaired) electrons. The van der Waals surface area contributed by atoms with E-state index in [2.05, 4.69) is 17.6 Å². The lowest BCUT2D eigenvalue weighted by atomic mass is 9.84. The van der Waals surface area contributed by atoms with Gasteiger partial charge in [-0.05, 0) is 50.2 Å². The number of hydrogen-bond acceptors (Lipinski definition) is 4. The molecule has 8 heteroatoms. The van der Waals surface area contributed by atoms with Crippen molar-refractivity contribution in [2.75, 3.05) is 12.0 Å². The van der Waals surface area contributed by atoms with E-state index < -0.39 is 21.8 Å². The van der Waals surface area contributed by atoms with Crippen molar-refractivity contribution in [3.63, 3.8) is 0 Å². The van der Waals surface area contributed by atoms with Gasteiger partial charge in [-0.3, -0.25) is 9.59 Å². The van der Waals surface area contributed by atoms with Gasteiger partial charge in [0.1, 0.15) is 15.9 Å². The van der Waals surface area contributed by atoms with Crippen LogP contribution in [0.25, 0.3) is 0 Å². The van der Waals surface area contributed by atoms with E-state index in [1.54, 1.807) is 24.3 Å². The Morgan fingerprint density at radius 3 is 2.39 bits per heavy atom. The Morgan fingerprint density at radius 2 is 1.82 bits per heavy atom. The van der Waals surface area contributed by atoms with E-state index in [4.69, 9.17) is 11.6 Å². The standard InChI is InChI=1S/C20H29ClN2O4S/c1-3-14-8-10-15(11-9-14)22-20(25)18(12-13-28(2,26)27)23-19(24)16-6-4-5-7-17(16)21/h4-7,14-15,18H,3,8-13H2,1-2H3,(H,22,25)(H,23,24). The lowest BCUT2D eigenvalue weighted by Crippen LogP contribution is -2.50. The number of benzene rings is 1. The van der Waals surface area contributed by atoms with Gasteiger partial charge < -0.3 is 10.6 Å². The fraction of sp³-hybridized carbons (Fsp3) is 0.600. The van der Waals surface area contributed by atoms with E-state index >= 15 is 0 Å². The highest BCUT2D eigenvalue weighted by molar-refractivity contribution is 7.90. The number of sulfone groups is 1. The maximum absolute atomic E-state index is 12.8. The molecule has 2 N–H and O–H groups in total. The molecule has 1 aromatic rings. The highest BCUT2D eigenvalue weighted by Crippen LogP contribution is 2.26. The molecule has 0 bridgehead atoms. The molecule has 0 aliphatic heterocycles. The largest absolute Gasteiger partial charge is 0.352 e. The predicted molar refractivity (Wildman–Crippen MR) is 111 cm³/mol. The molecule has 1 aliphatic carbocycles. The second kappa shape index (κ2) is 10.3. The van der Waals surface area contributed by atoms with Gasteiger partial charge in [0.05, 0.1) is 16.3 Å². The summed E-state index contributed by atoms with van der Waals surface area (Å²) in [7, 11) is -3.26. The van der Waals surface area contributed by atoms with Gasteiger partial charge in [-0.1, -0.05) is 37.1 Å². The minimum Gasteiger partial charge on any atom is -0.352 e. The molecule has 156 valence electrons. The topological polar surface area (TPSA) is 92.3 Å². The zero-order valence-corrected chi connectivity index (χ0v) is 18.0. The van der Waals surface area contributed by atoms with Crippen molar-refractivity contribution < 1.29 is 18.0 Å². The Hall–Kier alpha value is -1.60. The van der Waals surface area contributed by atoms with Crippen molar-refractivity contribution in [2.24, 2.45) is 5.92 Å². The molecule has 6 nitrogen and oxygen atoms in total. The van der Waals surface area contributed by atoms with Crippen LogP contribution in [0.15, 0.2) is 24.3 Å². The SMILES string of the molecule is CCC1CCC(NC(=O)C(CCS(C)(=O)=O)NC(=O)c2ccccc2Cl)CC1. The minimum atomic E-state index is -3.26. The third-order valence-corrected chi connectivity index (χ3v) is 6.59. The quantitative estimate of drug-likeness (QED) is 0.665. The maximum Gasteiger partial charge on any atom is 0.253 e. The highest BCUT2D eigenvalue weighted by Gasteiger charge is 2.27. The van der Waals surface area contributed by atoms with Crippen molar-refractivity contribution in [3.05, 3.63) is 34.9 Å². The highest BCUT2D eigenvalue weighted by atomic mass is 35.5. The van der Waals surface area contributed by atoms with Gasteiger partial charge in [0.25, 0.3) is 5.91 Å². The van der Waals surface area contributed by atoms with Crippen LogP contribution in [0, 0.1) is 5.92 Å². The summed E-state index contributed by atoms with van der Waals surface area (Å²) >= 11 is 6.06. The number of carbonyl (C=O) groups is 2. The maximum atomic E-state index is 12.8. The molecule has 1 unspecified atom stereocenters. The molecule has 0 saturated heterocycles. The van der Waals surface area contributed by atoms with Gasteiger partial charge in [-0.25, -0.2) is 8.42 Å². The Morgan fingerprint density at radius 1 is 1.18 bits per heavy atom. The summed E-state index contributed by atoms with van der Waals surface area (Å²) in [5, 5.41) is 5.92. The fourth-order valence-corrected chi connectivity index (χ4v) is 4.38. The monoisotopic (exact) mass is 428 g/mol. The van der Waals surface area contributed by atoms with Crippen LogP contribution >= 0.6 is 11.6 Å². The predicted octanol–water partition coefficient (Wildman–Crippen LogP) is 2.96. The van der Waals surface area contributed by atoms with E-state index in [1.165, 1.54) is 0 Å². The lowest BCUT2D eigenvalue weighted by molar-refractivity contribution is -0.124. The zero-order valence-electron chi connectivity index (χ0n) is 16.4. The third-order valence-electron chi connectivity index (χ3n) is 5.29. The van der Waals surface area contributed by atoms with Crippen LogP contribution in [0.3, 0.4) is 0 Å². The first-order valence-corrected chi connectivity index (χ1v) is 12.2. The summed E-state index contributed by atoms with van der Waals surface area (Å²) in [6.07, 6.45) is 6.23. The summed E-state index contributed by atoms with van der Waals surface area (Å²) in [4.78, 5) is 25.3. The Kier molecular flexibility index (Phi) is 8.31. The van der Waals surface area contributed by atoms with Gasteiger partial charge in [0, 0.05) is 12.3 Å². The summed E-state index contributed by atoms with van der Waals surface area (Å²) in [5.41, 5.74) is 0.254. The van der Waals surface area contributed by atoms with Gasteiger partial charge in [-0.15, -0.1) is 0 Å². The van der Waals surface area contributed by atoms with Crippen molar-refractivity contribution in [1.29, 1.82) is 0 Å². The van der Waals surface area contributed by atoms with Crippen LogP contribution in [0.2, 0.25) is 5.02 Å². The smallest absolute Gasteiger partial charge is 0.253 e. The van der Waals surface area contributed by atoms with Crippen molar-refractivity contribution in [2.45, 2.75) is 57.5 Å². The molecular formula is C20H29ClN2O4S. The minimum absolute atomic E-state index is 0.0190. The number of hydrogen-bond donors (Lipinski definition) is 2. The third kappa shape index (κ3) is 7.09. The van der Waals surface area contributed by atoms with Crippen molar-refractivity contribution in [1.82, 2.24) is 10.6 Å². The van der Waals surface area contributed by atoms with Crippen molar-refractivity contribution in [3.8, 4) is 0 Å². The van der Waals surface area contributed by atoms with Crippen LogP contribution < -0.4 is 10.6 Å². The Labute approximate surface area is 172 Å². The molecule has 0 aromatic heterocycles. The first-order chi connectivity index (χ1) is 13.2. The number of rotatable bonds is 8. The van der Waals surface area contributed by atoms with E-state index in [1.807, 2.05) is 0 Å². The second-order valence-corrected chi connectivity index (χ2v) is 10.2. The van der Waals surface area contributed by atoms with Crippen LogP contribution in [0.1, 0.15) is 55.8 Å². The molecule has 28 heavy (non-hydrogen) atoms. The van der Waals surface area contributed by atoms with E-state index in [0.29, 0.717) is 5.92 Å². The summed E-state index contributed by atoms with van der Waals surface area (Å²) < 4.78 is 23.1. The number of nitrogens with one attached hydrogen (secondary N) is 2. The molecular weight excluding hydrogens is 400 g/mol. The van der Waals surface area contributed by atoms with Gasteiger partial charge in [-0.2, -0.15) is 0 Å². The number of halogens is 1. The van der Waals surface area contributed by atoms with Crippen LogP contribution in [0.5, 0.6) is 0 Å². The molecule has 1 aromatic carbocycles. The van der Waals surface area contributed by atoms with Gasteiger partial charge in [0.2, 0.25) is 5.91 Å². The molecule has 0 heterocycles. The first-order valence-electron chi connectivity index (χ1n) is 9.73. The Bertz CT molecular complexity index is 789. The lowest BCUT2D eigenvalue weighted by Gasteiger charge is -2.30. The molecule has 2 rings (SSSR count). The molecule has 0 spiro atoms. The van der Waals surface area contributed by atoms with Crippen LogP contribution in [-0.4, -0.2) is 44.3 Å². The van der Waals surface area contributed by atoms with E-state index in [-0.39, 0.29) is 34.7 Å². The van der Waals surface area contributed by atoms with E-state index in [0.717, 1.165) is 38.4 Å². The molecule has 2 amide bonds. The van der Waals surface area contributed by atoms with Crippen LogP contribution in [-0.2, 0) is 14.6 Å². The summed E-state index contributed by atoms with van der Waals surface area (Å²) in [6, 6.07) is 5.68. The van der Waals surface area contributed by atoms with Crippen molar-refractivity contribution >= 4 is 33.3 Å². The first kappa shape index (κ1) is 22.7. The Balaban J connectivity index is 2.04. The number of amides is 2. The molecule has 1 aliphatic rings. The fourth-order valence-electron chi connectivity index (χ4n) is 3.50. The summed E-state index contributed by atoms with van der Waals surface area (Å²) in [5.74, 6) is -0.316. The molecule has 1 atom stereocenters. The average Bonchev–Trinajstić information content (AvgIpc) is 2.65. The second-order valence-electron chi connectivity index (χ2n) is 7.56. The average molecular weight is 429 g/mol. The normalized spacial score (nSPS) is 21.0.